The van der Waals surface area contributed by atoms with Crippen molar-refractivity contribution in [3.05, 3.63) is 86.7 Å². The lowest BCUT2D eigenvalue weighted by molar-refractivity contribution is 0.102. The quantitative estimate of drug-likeness (QED) is 0.726. The second kappa shape index (κ2) is 7.74. The monoisotopic (exact) mass is 365 g/mol. The van der Waals surface area contributed by atoms with Gasteiger partial charge in [0, 0.05) is 11.9 Å². The molecular formula is C20H19N3O4. The molecule has 0 aliphatic heterocycles. The summed E-state index contributed by atoms with van der Waals surface area (Å²) in [7, 11) is 0. The van der Waals surface area contributed by atoms with E-state index in [4.69, 9.17) is 4.74 Å². The third-order valence-corrected chi connectivity index (χ3v) is 3.94. The van der Waals surface area contributed by atoms with Crippen LogP contribution in [-0.2, 0) is 0 Å². The number of nitrogens with zero attached hydrogens (tertiary/aromatic N) is 1. The lowest BCUT2D eigenvalue weighted by Gasteiger charge is -2.09. The molecular weight excluding hydrogens is 346 g/mol. The van der Waals surface area contributed by atoms with Crippen LogP contribution in [0.4, 0.5) is 5.69 Å². The van der Waals surface area contributed by atoms with Crippen LogP contribution in [0.3, 0.4) is 0 Å². The molecule has 0 aliphatic rings. The van der Waals surface area contributed by atoms with Gasteiger partial charge in [-0.3, -0.25) is 9.59 Å². The van der Waals surface area contributed by atoms with Gasteiger partial charge in [0.15, 0.2) is 0 Å². The van der Waals surface area contributed by atoms with E-state index >= 15 is 0 Å². The first kappa shape index (κ1) is 18.2. The van der Waals surface area contributed by atoms with E-state index in [1.165, 1.54) is 0 Å². The maximum absolute atomic E-state index is 12.7. The van der Waals surface area contributed by atoms with E-state index in [0.717, 1.165) is 16.3 Å². The molecule has 3 rings (SSSR count). The molecule has 0 unspecified atom stereocenters. The SMILES string of the molecule is CCOc1ccc(NC(=O)c2c[nH]c(=O)n(-c3ccc(C)cc3)c2=O)cc1. The molecule has 27 heavy (non-hydrogen) atoms. The third kappa shape index (κ3) is 3.98. The second-order valence-electron chi connectivity index (χ2n) is 5.90. The Morgan fingerprint density at radius 1 is 1.07 bits per heavy atom. The number of amides is 1. The summed E-state index contributed by atoms with van der Waals surface area (Å²) in [5.41, 5.74) is 0.433. The topological polar surface area (TPSA) is 93.2 Å². The van der Waals surface area contributed by atoms with Gasteiger partial charge in [0.05, 0.1) is 12.3 Å². The smallest absolute Gasteiger partial charge is 0.333 e. The van der Waals surface area contributed by atoms with E-state index in [2.05, 4.69) is 10.3 Å². The summed E-state index contributed by atoms with van der Waals surface area (Å²) in [6.45, 7) is 4.32. The van der Waals surface area contributed by atoms with Crippen molar-refractivity contribution in [2.75, 3.05) is 11.9 Å². The first-order chi connectivity index (χ1) is 13.0. The number of aromatic nitrogens is 2. The molecule has 1 heterocycles. The number of benzene rings is 2. The van der Waals surface area contributed by atoms with Crippen LogP contribution in [0.25, 0.3) is 5.69 Å². The fraction of sp³-hybridized carbons (Fsp3) is 0.150. The Balaban J connectivity index is 1.91. The van der Waals surface area contributed by atoms with Crippen LogP contribution in [0.15, 0.2) is 64.3 Å². The van der Waals surface area contributed by atoms with E-state index < -0.39 is 17.2 Å². The van der Waals surface area contributed by atoms with Crippen LogP contribution in [-0.4, -0.2) is 22.1 Å². The minimum absolute atomic E-state index is 0.163. The molecule has 0 spiro atoms. The number of nitrogens with one attached hydrogen (secondary N) is 2. The summed E-state index contributed by atoms with van der Waals surface area (Å²) in [5, 5.41) is 2.65. The highest BCUT2D eigenvalue weighted by atomic mass is 16.5. The fourth-order valence-corrected chi connectivity index (χ4v) is 2.56. The van der Waals surface area contributed by atoms with Gasteiger partial charge in [-0.1, -0.05) is 17.7 Å². The van der Waals surface area contributed by atoms with Crippen LogP contribution in [0.1, 0.15) is 22.8 Å². The lowest BCUT2D eigenvalue weighted by atomic mass is 10.2. The van der Waals surface area contributed by atoms with Crippen molar-refractivity contribution in [3.63, 3.8) is 0 Å². The number of anilines is 1. The van der Waals surface area contributed by atoms with Crippen molar-refractivity contribution < 1.29 is 9.53 Å². The van der Waals surface area contributed by atoms with Gasteiger partial charge < -0.3 is 15.0 Å². The number of H-pyrrole nitrogens is 1. The number of aryl methyl sites for hydroxylation is 1. The molecule has 2 N–H and O–H groups in total. The number of ether oxygens (including phenoxy) is 1. The van der Waals surface area contributed by atoms with Gasteiger partial charge in [-0.05, 0) is 50.2 Å². The zero-order chi connectivity index (χ0) is 19.4. The van der Waals surface area contributed by atoms with Crippen LogP contribution in [0.5, 0.6) is 5.75 Å². The molecule has 138 valence electrons. The molecule has 0 atom stereocenters. The average molecular weight is 365 g/mol. The van der Waals surface area contributed by atoms with E-state index in [1.807, 2.05) is 13.8 Å². The van der Waals surface area contributed by atoms with Gasteiger partial charge in [-0.25, -0.2) is 9.36 Å². The normalized spacial score (nSPS) is 10.4. The van der Waals surface area contributed by atoms with Crippen molar-refractivity contribution in [1.29, 1.82) is 0 Å². The Hall–Kier alpha value is -3.61. The Morgan fingerprint density at radius 2 is 1.74 bits per heavy atom. The summed E-state index contributed by atoms with van der Waals surface area (Å²) in [4.78, 5) is 39.8. The molecule has 0 radical (unpaired) electrons. The molecule has 3 aromatic rings. The predicted molar refractivity (Wildman–Crippen MR) is 103 cm³/mol. The molecule has 2 aromatic carbocycles. The standard InChI is InChI=1S/C20H19N3O4/c1-3-27-16-10-6-14(7-11-16)22-18(24)17-12-21-20(26)23(19(17)25)15-8-4-13(2)5-9-15/h4-12H,3H2,1-2H3,(H,21,26)(H,22,24). The van der Waals surface area contributed by atoms with Crippen LogP contribution in [0, 0.1) is 6.92 Å². The fourth-order valence-electron chi connectivity index (χ4n) is 2.56. The number of rotatable bonds is 5. The van der Waals surface area contributed by atoms with E-state index in [0.29, 0.717) is 23.7 Å². The van der Waals surface area contributed by atoms with Crippen LogP contribution >= 0.6 is 0 Å². The van der Waals surface area contributed by atoms with E-state index in [9.17, 15) is 14.4 Å². The molecule has 7 nitrogen and oxygen atoms in total. The van der Waals surface area contributed by atoms with Gasteiger partial charge in [0.25, 0.3) is 11.5 Å². The first-order valence-corrected chi connectivity index (χ1v) is 8.45. The Bertz CT molecular complexity index is 1060. The van der Waals surface area contributed by atoms with Crippen molar-refractivity contribution in [2.24, 2.45) is 0 Å². The van der Waals surface area contributed by atoms with Crippen molar-refractivity contribution in [3.8, 4) is 11.4 Å². The maximum Gasteiger partial charge on any atom is 0.333 e. The predicted octanol–water partition coefficient (Wildman–Crippen LogP) is 2.49. The Labute approximate surface area is 155 Å². The van der Waals surface area contributed by atoms with Gasteiger partial charge in [0.1, 0.15) is 11.3 Å². The largest absolute Gasteiger partial charge is 0.494 e. The van der Waals surface area contributed by atoms with Crippen LogP contribution < -0.4 is 21.3 Å². The minimum atomic E-state index is -0.689. The lowest BCUT2D eigenvalue weighted by Crippen LogP contribution is -2.38. The van der Waals surface area contributed by atoms with E-state index in [-0.39, 0.29) is 5.56 Å². The van der Waals surface area contributed by atoms with Gasteiger partial charge in [0.2, 0.25) is 0 Å². The zero-order valence-corrected chi connectivity index (χ0v) is 15.0. The average Bonchev–Trinajstić information content (AvgIpc) is 2.65. The second-order valence-corrected chi connectivity index (χ2v) is 5.90. The van der Waals surface area contributed by atoms with Gasteiger partial charge in [-0.2, -0.15) is 0 Å². The van der Waals surface area contributed by atoms with Crippen molar-refractivity contribution >= 4 is 11.6 Å². The number of carbonyl (C=O) groups is 1. The van der Waals surface area contributed by atoms with Crippen molar-refractivity contribution in [2.45, 2.75) is 13.8 Å². The summed E-state index contributed by atoms with van der Waals surface area (Å²) >= 11 is 0. The molecule has 0 bridgehead atoms. The number of hydrogen-bond donors (Lipinski definition) is 2. The number of hydrogen-bond acceptors (Lipinski definition) is 4. The van der Waals surface area contributed by atoms with Crippen molar-refractivity contribution in [1.82, 2.24) is 9.55 Å². The highest BCUT2D eigenvalue weighted by molar-refractivity contribution is 6.03. The summed E-state index contributed by atoms with van der Waals surface area (Å²) in [5.74, 6) is 0.0718. The molecule has 0 fully saturated rings. The van der Waals surface area contributed by atoms with E-state index in [1.54, 1.807) is 48.5 Å². The number of aromatic amines is 1. The Morgan fingerprint density at radius 3 is 2.37 bits per heavy atom. The third-order valence-electron chi connectivity index (χ3n) is 3.94. The van der Waals surface area contributed by atoms with Gasteiger partial charge in [-0.15, -0.1) is 0 Å². The van der Waals surface area contributed by atoms with Gasteiger partial charge >= 0.3 is 5.69 Å². The molecule has 0 saturated heterocycles. The summed E-state index contributed by atoms with van der Waals surface area (Å²) in [6, 6.07) is 13.7. The highest BCUT2D eigenvalue weighted by Gasteiger charge is 2.16. The summed E-state index contributed by atoms with van der Waals surface area (Å²) < 4.78 is 6.29. The molecule has 0 aliphatic carbocycles. The van der Waals surface area contributed by atoms with Crippen LogP contribution in [0.2, 0.25) is 0 Å². The zero-order valence-electron chi connectivity index (χ0n) is 15.0. The first-order valence-electron chi connectivity index (χ1n) is 8.45. The molecule has 0 saturated carbocycles. The molecule has 1 amide bonds. The number of carbonyl (C=O) groups excluding carboxylic acids is 1. The maximum atomic E-state index is 12.7. The highest BCUT2D eigenvalue weighted by Crippen LogP contribution is 2.16. The minimum Gasteiger partial charge on any atom is -0.494 e. The molecule has 7 heteroatoms. The molecule has 1 aromatic heterocycles. The Kier molecular flexibility index (Phi) is 5.21. The summed E-state index contributed by atoms with van der Waals surface area (Å²) in [6.07, 6.45) is 1.12.